The monoisotopic (exact) mass is 242 g/mol. The molecule has 88 valence electrons. The van der Waals surface area contributed by atoms with Crippen LogP contribution in [-0.2, 0) is 28.2 Å². The number of hydrogen-bond donors (Lipinski definition) is 1. The van der Waals surface area contributed by atoms with Gasteiger partial charge in [0.25, 0.3) is 0 Å². The number of amides is 1. The Morgan fingerprint density at radius 3 is 2.75 bits per heavy atom. The van der Waals surface area contributed by atoms with Crippen molar-refractivity contribution in [2.75, 3.05) is 11.5 Å². The number of aryl methyl sites for hydroxylation is 1. The van der Waals surface area contributed by atoms with Gasteiger partial charge in [-0.05, 0) is 11.6 Å². The standard InChI is InChI=1S/C10H14N2O3S/c1-12-3-2-8(5-12)4-11-10(13)9-6-16(14,15)7-9/h2-3,5,9H,4,6-7H2,1H3,(H,11,13). The van der Waals surface area contributed by atoms with Gasteiger partial charge in [0.2, 0.25) is 5.91 Å². The van der Waals surface area contributed by atoms with E-state index in [0.717, 1.165) is 5.56 Å². The molecule has 0 radical (unpaired) electrons. The number of carbonyl (C=O) groups is 1. The smallest absolute Gasteiger partial charge is 0.225 e. The Labute approximate surface area is 94.4 Å². The molecule has 0 atom stereocenters. The van der Waals surface area contributed by atoms with Crippen molar-refractivity contribution in [2.45, 2.75) is 6.54 Å². The van der Waals surface area contributed by atoms with Crippen LogP contribution in [0, 0.1) is 5.92 Å². The average Bonchev–Trinajstić information content (AvgIpc) is 2.57. The molecule has 0 aromatic carbocycles. The molecule has 1 amide bonds. The number of hydrogen-bond acceptors (Lipinski definition) is 3. The van der Waals surface area contributed by atoms with Crippen LogP contribution in [-0.4, -0.2) is 30.4 Å². The molecule has 0 aliphatic carbocycles. The largest absolute Gasteiger partial charge is 0.357 e. The van der Waals surface area contributed by atoms with Gasteiger partial charge in [0.05, 0.1) is 17.4 Å². The molecular weight excluding hydrogens is 228 g/mol. The molecule has 0 unspecified atom stereocenters. The molecule has 6 heteroatoms. The lowest BCUT2D eigenvalue weighted by atomic mass is 10.2. The summed E-state index contributed by atoms with van der Waals surface area (Å²) in [5.74, 6) is -0.534. The molecule has 2 rings (SSSR count). The number of sulfone groups is 1. The number of nitrogens with one attached hydrogen (secondary N) is 1. The van der Waals surface area contributed by atoms with Gasteiger partial charge in [0.15, 0.2) is 9.84 Å². The van der Waals surface area contributed by atoms with Crippen LogP contribution >= 0.6 is 0 Å². The van der Waals surface area contributed by atoms with E-state index in [2.05, 4.69) is 5.32 Å². The highest BCUT2D eigenvalue weighted by atomic mass is 32.2. The molecule has 0 bridgehead atoms. The molecule has 0 saturated carbocycles. The third-order valence-corrected chi connectivity index (χ3v) is 4.46. The van der Waals surface area contributed by atoms with Crippen LogP contribution < -0.4 is 5.32 Å². The molecule has 16 heavy (non-hydrogen) atoms. The summed E-state index contributed by atoms with van der Waals surface area (Å²) in [5, 5.41) is 2.74. The predicted octanol–water partition coefficient (Wildman–Crippen LogP) is -0.314. The molecule has 2 heterocycles. The second-order valence-corrected chi connectivity index (χ2v) is 6.33. The van der Waals surface area contributed by atoms with Crippen molar-refractivity contribution in [1.82, 2.24) is 9.88 Å². The van der Waals surface area contributed by atoms with Crippen molar-refractivity contribution >= 4 is 15.7 Å². The van der Waals surface area contributed by atoms with Gasteiger partial charge in [-0.1, -0.05) is 0 Å². The third-order valence-electron chi connectivity index (χ3n) is 2.64. The minimum absolute atomic E-state index is 0.00633. The summed E-state index contributed by atoms with van der Waals surface area (Å²) in [5.41, 5.74) is 1.01. The summed E-state index contributed by atoms with van der Waals surface area (Å²) in [6.07, 6.45) is 3.81. The molecule has 5 nitrogen and oxygen atoms in total. The molecule has 1 aromatic rings. The Bertz CT molecular complexity index is 492. The van der Waals surface area contributed by atoms with E-state index in [-0.39, 0.29) is 23.3 Å². The molecule has 1 saturated heterocycles. The van der Waals surface area contributed by atoms with Gasteiger partial charge in [-0.3, -0.25) is 4.79 Å². The zero-order valence-electron chi connectivity index (χ0n) is 9.01. The molecule has 1 aliphatic heterocycles. The fourth-order valence-electron chi connectivity index (χ4n) is 1.71. The van der Waals surface area contributed by atoms with Crippen LogP contribution in [0.25, 0.3) is 0 Å². The third kappa shape index (κ3) is 2.44. The number of aromatic nitrogens is 1. The lowest BCUT2D eigenvalue weighted by Crippen LogP contribution is -2.46. The minimum Gasteiger partial charge on any atom is -0.357 e. The van der Waals surface area contributed by atoms with Gasteiger partial charge >= 0.3 is 0 Å². The van der Waals surface area contributed by atoms with Crippen LogP contribution in [0.15, 0.2) is 18.5 Å². The predicted molar refractivity (Wildman–Crippen MR) is 59.4 cm³/mol. The van der Waals surface area contributed by atoms with E-state index in [9.17, 15) is 13.2 Å². The molecular formula is C10H14N2O3S. The van der Waals surface area contributed by atoms with E-state index < -0.39 is 9.84 Å². The first-order chi connectivity index (χ1) is 7.46. The minimum atomic E-state index is -2.92. The zero-order chi connectivity index (χ0) is 11.8. The normalized spacial score (nSPS) is 19.1. The van der Waals surface area contributed by atoms with E-state index in [4.69, 9.17) is 0 Å². The van der Waals surface area contributed by atoms with Crippen molar-refractivity contribution in [2.24, 2.45) is 13.0 Å². The van der Waals surface area contributed by atoms with Gasteiger partial charge in [-0.15, -0.1) is 0 Å². The van der Waals surface area contributed by atoms with Crippen molar-refractivity contribution in [3.05, 3.63) is 24.0 Å². The Morgan fingerprint density at radius 2 is 2.25 bits per heavy atom. The highest BCUT2D eigenvalue weighted by molar-refractivity contribution is 7.92. The number of nitrogens with zero attached hydrogens (tertiary/aromatic N) is 1. The summed E-state index contributed by atoms with van der Waals surface area (Å²) in [6, 6.07) is 1.91. The van der Waals surface area contributed by atoms with E-state index in [1.165, 1.54) is 0 Å². The van der Waals surface area contributed by atoms with Crippen LogP contribution in [0.2, 0.25) is 0 Å². The van der Waals surface area contributed by atoms with Crippen molar-refractivity contribution < 1.29 is 13.2 Å². The second-order valence-electron chi connectivity index (χ2n) is 4.18. The highest BCUT2D eigenvalue weighted by Crippen LogP contribution is 2.18. The molecule has 0 spiro atoms. The fourth-order valence-corrected chi connectivity index (χ4v) is 3.15. The van der Waals surface area contributed by atoms with Crippen molar-refractivity contribution in [3.63, 3.8) is 0 Å². The van der Waals surface area contributed by atoms with E-state index in [0.29, 0.717) is 6.54 Å². The van der Waals surface area contributed by atoms with Gasteiger partial charge in [0, 0.05) is 26.0 Å². The van der Waals surface area contributed by atoms with Gasteiger partial charge in [-0.25, -0.2) is 8.42 Å². The van der Waals surface area contributed by atoms with Crippen LogP contribution in [0.5, 0.6) is 0 Å². The highest BCUT2D eigenvalue weighted by Gasteiger charge is 2.38. The zero-order valence-corrected chi connectivity index (χ0v) is 9.83. The Balaban J connectivity index is 1.81. The lowest BCUT2D eigenvalue weighted by Gasteiger charge is -2.24. The maximum Gasteiger partial charge on any atom is 0.225 e. The molecule has 1 aromatic heterocycles. The van der Waals surface area contributed by atoms with Crippen LogP contribution in [0.1, 0.15) is 5.56 Å². The summed E-state index contributed by atoms with van der Waals surface area (Å²) >= 11 is 0. The van der Waals surface area contributed by atoms with Gasteiger partial charge < -0.3 is 9.88 Å². The molecule has 1 aliphatic rings. The number of carbonyl (C=O) groups excluding carboxylic acids is 1. The first-order valence-corrected chi connectivity index (χ1v) is 6.87. The van der Waals surface area contributed by atoms with Gasteiger partial charge in [-0.2, -0.15) is 0 Å². The maximum atomic E-state index is 11.5. The Kier molecular flexibility index (Phi) is 2.75. The van der Waals surface area contributed by atoms with E-state index in [1.807, 2.05) is 30.1 Å². The summed E-state index contributed by atoms with van der Waals surface area (Å²) < 4.78 is 23.7. The second kappa shape index (κ2) is 3.93. The van der Waals surface area contributed by atoms with Crippen molar-refractivity contribution in [3.8, 4) is 0 Å². The molecule has 1 fully saturated rings. The topological polar surface area (TPSA) is 68.2 Å². The summed E-state index contributed by atoms with van der Waals surface area (Å²) in [7, 11) is -1.01. The summed E-state index contributed by atoms with van der Waals surface area (Å²) in [6.45, 7) is 0.455. The first-order valence-electron chi connectivity index (χ1n) is 5.05. The van der Waals surface area contributed by atoms with Crippen LogP contribution in [0.3, 0.4) is 0 Å². The lowest BCUT2D eigenvalue weighted by molar-refractivity contribution is -0.124. The molecule has 1 N–H and O–H groups in total. The quantitative estimate of drug-likeness (QED) is 0.790. The van der Waals surface area contributed by atoms with E-state index in [1.54, 1.807) is 0 Å². The fraction of sp³-hybridized carbons (Fsp3) is 0.500. The average molecular weight is 242 g/mol. The maximum absolute atomic E-state index is 11.5. The SMILES string of the molecule is Cn1ccc(CNC(=O)C2CS(=O)(=O)C2)c1. The number of rotatable bonds is 3. The Morgan fingerprint density at radius 1 is 1.56 bits per heavy atom. The van der Waals surface area contributed by atoms with Gasteiger partial charge in [0.1, 0.15) is 0 Å². The Hall–Kier alpha value is -1.30. The van der Waals surface area contributed by atoms with Crippen molar-refractivity contribution in [1.29, 1.82) is 0 Å². The van der Waals surface area contributed by atoms with E-state index >= 15 is 0 Å². The summed E-state index contributed by atoms with van der Waals surface area (Å²) in [4.78, 5) is 11.5. The first kappa shape index (κ1) is 11.2. The van der Waals surface area contributed by atoms with Crippen LogP contribution in [0.4, 0.5) is 0 Å².